The molecule has 4 rings (SSSR count). The Morgan fingerprint density at radius 2 is 2.15 bits per heavy atom. The van der Waals surface area contributed by atoms with E-state index >= 15 is 0 Å². The number of ether oxygens (including phenoxy) is 1. The van der Waals surface area contributed by atoms with Gasteiger partial charge in [-0.1, -0.05) is 6.08 Å². The van der Waals surface area contributed by atoms with E-state index in [1.165, 1.54) is 6.20 Å². The predicted molar refractivity (Wildman–Crippen MR) is 129 cm³/mol. The third kappa shape index (κ3) is 5.07. The van der Waals surface area contributed by atoms with Gasteiger partial charge in [-0.15, -0.1) is 6.58 Å². The molecule has 4 heterocycles. The molecule has 0 aliphatic carbocycles. The van der Waals surface area contributed by atoms with Crippen molar-refractivity contribution in [2.75, 3.05) is 33.3 Å². The van der Waals surface area contributed by atoms with Gasteiger partial charge < -0.3 is 15.4 Å². The fourth-order valence-corrected chi connectivity index (χ4v) is 4.27. The van der Waals surface area contributed by atoms with Gasteiger partial charge in [-0.3, -0.25) is 14.7 Å². The maximum atomic E-state index is 10.9. The maximum absolute atomic E-state index is 10.9. The van der Waals surface area contributed by atoms with Crippen LogP contribution in [0.4, 0.5) is 0 Å². The first-order chi connectivity index (χ1) is 16.0. The van der Waals surface area contributed by atoms with E-state index in [4.69, 9.17) is 15.5 Å². The summed E-state index contributed by atoms with van der Waals surface area (Å²) in [5.74, 6) is 0.560. The summed E-state index contributed by atoms with van der Waals surface area (Å²) in [4.78, 5) is 20.0. The Kier molecular flexibility index (Phi) is 7.85. The van der Waals surface area contributed by atoms with Crippen LogP contribution in [0.2, 0.25) is 0 Å². The molecule has 2 aromatic heterocycles. The Morgan fingerprint density at radius 3 is 2.73 bits per heavy atom. The minimum atomic E-state index is 0.214. The molecule has 0 bridgehead atoms. The van der Waals surface area contributed by atoms with Crippen molar-refractivity contribution in [1.29, 1.82) is 5.26 Å². The zero-order valence-corrected chi connectivity index (χ0v) is 19.4. The number of carbonyl (C=O) groups excluding carboxylic acids is 1. The number of aliphatic imine (C=N–C) groups is 1. The highest BCUT2D eigenvalue weighted by atomic mass is 16.5. The van der Waals surface area contributed by atoms with E-state index in [9.17, 15) is 10.1 Å². The Balaban J connectivity index is 0.000000968. The van der Waals surface area contributed by atoms with Crippen molar-refractivity contribution in [1.82, 2.24) is 19.4 Å². The monoisotopic (exact) mass is 449 g/mol. The molecular formula is C24H31N7O2. The Bertz CT molecular complexity index is 1110. The number of allylic oxidation sites excluding steroid dienone is 2. The van der Waals surface area contributed by atoms with Crippen LogP contribution in [0.1, 0.15) is 31.4 Å². The number of hydrogen-bond acceptors (Lipinski definition) is 7. The number of amides is 1. The standard InChI is InChI=1S/C21H25N7O2.C3H6/c1-14(25-17-10-27(11-17)18-3-4-26(12-18)13-29)19(7-23)15-5-20(30-2)21-16(6-22)8-24-28(21)9-15;1-3-2/h5,7-9,13,17-18H,3-4,10-12,23H2,1-2H3;3H,1H2,2H3/b19-7+,25-14?;. The Morgan fingerprint density at radius 1 is 1.42 bits per heavy atom. The van der Waals surface area contributed by atoms with Gasteiger partial charge in [0.05, 0.1) is 19.3 Å². The second kappa shape index (κ2) is 10.8. The smallest absolute Gasteiger partial charge is 0.209 e. The summed E-state index contributed by atoms with van der Waals surface area (Å²) < 4.78 is 7.12. The van der Waals surface area contributed by atoms with Gasteiger partial charge in [0.25, 0.3) is 0 Å². The van der Waals surface area contributed by atoms with Crippen LogP contribution in [-0.2, 0) is 4.79 Å². The summed E-state index contributed by atoms with van der Waals surface area (Å²) in [6.45, 7) is 10.6. The van der Waals surface area contributed by atoms with Crippen molar-refractivity contribution >= 4 is 23.2 Å². The Labute approximate surface area is 194 Å². The van der Waals surface area contributed by atoms with Crippen LogP contribution in [0.25, 0.3) is 11.1 Å². The van der Waals surface area contributed by atoms with Crippen LogP contribution in [-0.4, -0.2) is 76.9 Å². The van der Waals surface area contributed by atoms with Crippen molar-refractivity contribution in [3.8, 4) is 11.8 Å². The lowest BCUT2D eigenvalue weighted by Gasteiger charge is -2.41. The van der Waals surface area contributed by atoms with E-state index < -0.39 is 0 Å². The SMILES string of the molecule is C=CC.COc1cc(/C(=C/N)C(C)=NC2CN(C3CCN(C=O)C3)C2)cn2ncc(C#N)c12. The number of nitriles is 1. The van der Waals surface area contributed by atoms with E-state index in [0.717, 1.165) is 55.9 Å². The average molecular weight is 450 g/mol. The molecule has 2 fully saturated rings. The van der Waals surface area contributed by atoms with E-state index in [1.807, 2.05) is 31.0 Å². The normalized spacial score (nSPS) is 19.5. The number of aromatic nitrogens is 2. The van der Waals surface area contributed by atoms with Gasteiger partial charge in [-0.05, 0) is 26.3 Å². The third-order valence-corrected chi connectivity index (χ3v) is 5.91. The number of likely N-dealkylation sites (tertiary alicyclic amines) is 2. The van der Waals surface area contributed by atoms with E-state index in [0.29, 0.717) is 22.9 Å². The minimum Gasteiger partial charge on any atom is -0.494 e. The summed E-state index contributed by atoms with van der Waals surface area (Å²) in [6.07, 6.45) is 8.60. The van der Waals surface area contributed by atoms with Crippen molar-refractivity contribution in [2.45, 2.75) is 32.4 Å². The molecule has 2 aliphatic rings. The molecule has 2 N–H and O–H groups in total. The van der Waals surface area contributed by atoms with Crippen LogP contribution in [0.15, 0.2) is 42.3 Å². The lowest BCUT2D eigenvalue weighted by Crippen LogP contribution is -2.55. The van der Waals surface area contributed by atoms with Gasteiger partial charge in [-0.2, -0.15) is 10.4 Å². The quantitative estimate of drug-likeness (QED) is 0.411. The summed E-state index contributed by atoms with van der Waals surface area (Å²) >= 11 is 0. The molecule has 0 saturated carbocycles. The molecule has 0 radical (unpaired) electrons. The number of pyridine rings is 1. The highest BCUT2D eigenvalue weighted by molar-refractivity contribution is 6.22. The predicted octanol–water partition coefficient (Wildman–Crippen LogP) is 2.08. The number of rotatable bonds is 6. The summed E-state index contributed by atoms with van der Waals surface area (Å²) in [5, 5.41) is 13.5. The fraction of sp³-hybridized carbons (Fsp3) is 0.417. The highest BCUT2D eigenvalue weighted by Gasteiger charge is 2.35. The molecule has 33 heavy (non-hydrogen) atoms. The van der Waals surface area contributed by atoms with Gasteiger partial charge in [-0.25, -0.2) is 4.52 Å². The van der Waals surface area contributed by atoms with E-state index in [2.05, 4.69) is 22.6 Å². The van der Waals surface area contributed by atoms with Crippen LogP contribution in [0.3, 0.4) is 0 Å². The van der Waals surface area contributed by atoms with Crippen molar-refractivity contribution in [3.05, 3.63) is 48.4 Å². The molecule has 2 aromatic rings. The van der Waals surface area contributed by atoms with Gasteiger partial charge in [0, 0.05) is 61.5 Å². The first kappa shape index (κ1) is 24.0. The summed E-state index contributed by atoms with van der Waals surface area (Å²) in [7, 11) is 1.57. The molecule has 174 valence electrons. The zero-order valence-electron chi connectivity index (χ0n) is 19.4. The number of hydrogen-bond donors (Lipinski definition) is 1. The maximum Gasteiger partial charge on any atom is 0.209 e. The molecule has 1 atom stereocenters. The second-order valence-corrected chi connectivity index (χ2v) is 8.11. The average Bonchev–Trinajstić information content (AvgIpc) is 3.43. The number of nitrogens with two attached hydrogens (primary N) is 1. The van der Waals surface area contributed by atoms with Gasteiger partial charge in [0.15, 0.2) is 0 Å². The number of carbonyl (C=O) groups is 1. The lowest BCUT2D eigenvalue weighted by molar-refractivity contribution is -0.117. The van der Waals surface area contributed by atoms with Crippen molar-refractivity contribution in [3.63, 3.8) is 0 Å². The largest absolute Gasteiger partial charge is 0.494 e. The Hall–Kier alpha value is -3.64. The second-order valence-electron chi connectivity index (χ2n) is 8.11. The van der Waals surface area contributed by atoms with Crippen LogP contribution in [0.5, 0.6) is 5.75 Å². The molecule has 0 spiro atoms. The summed E-state index contributed by atoms with van der Waals surface area (Å²) in [5.41, 5.74) is 9.51. The van der Waals surface area contributed by atoms with Crippen molar-refractivity contribution in [2.24, 2.45) is 10.7 Å². The molecule has 2 saturated heterocycles. The molecule has 1 unspecified atom stereocenters. The molecule has 2 aliphatic heterocycles. The van der Waals surface area contributed by atoms with E-state index in [1.54, 1.807) is 23.9 Å². The number of methoxy groups -OCH3 is 1. The molecule has 9 nitrogen and oxygen atoms in total. The van der Waals surface area contributed by atoms with Crippen LogP contribution >= 0.6 is 0 Å². The first-order valence-corrected chi connectivity index (χ1v) is 10.9. The molecule has 1 amide bonds. The van der Waals surface area contributed by atoms with Gasteiger partial charge in [0.1, 0.15) is 22.9 Å². The van der Waals surface area contributed by atoms with E-state index in [-0.39, 0.29) is 6.04 Å². The molecule has 0 aromatic carbocycles. The highest BCUT2D eigenvalue weighted by Crippen LogP contribution is 2.29. The zero-order chi connectivity index (χ0) is 24.0. The van der Waals surface area contributed by atoms with Crippen LogP contribution < -0.4 is 10.5 Å². The van der Waals surface area contributed by atoms with Crippen molar-refractivity contribution < 1.29 is 9.53 Å². The van der Waals surface area contributed by atoms with Gasteiger partial charge >= 0.3 is 0 Å². The fourth-order valence-electron chi connectivity index (χ4n) is 4.27. The first-order valence-electron chi connectivity index (χ1n) is 10.9. The number of fused-ring (bicyclic) bond motifs is 1. The van der Waals surface area contributed by atoms with Crippen LogP contribution in [0, 0.1) is 11.3 Å². The lowest BCUT2D eigenvalue weighted by atomic mass is 10.0. The topological polar surface area (TPSA) is 112 Å². The third-order valence-electron chi connectivity index (χ3n) is 5.91. The minimum absolute atomic E-state index is 0.214. The molecule has 9 heteroatoms. The van der Waals surface area contributed by atoms with Gasteiger partial charge in [0.2, 0.25) is 6.41 Å². The number of nitrogens with zero attached hydrogens (tertiary/aromatic N) is 6. The molecular weight excluding hydrogens is 418 g/mol. The summed E-state index contributed by atoms with van der Waals surface area (Å²) in [6, 6.07) is 4.64.